The van der Waals surface area contributed by atoms with E-state index in [0.29, 0.717) is 13.2 Å². The van der Waals surface area contributed by atoms with Gasteiger partial charge in [0.25, 0.3) is 0 Å². The van der Waals surface area contributed by atoms with Crippen LogP contribution in [-0.2, 0) is 9.47 Å². The molecule has 0 aromatic heterocycles. The van der Waals surface area contributed by atoms with Crippen LogP contribution in [0.1, 0.15) is 109 Å². The quantitative estimate of drug-likeness (QED) is 0.460. The topological polar surface area (TPSA) is 35.5 Å². The fraction of sp³-hybridized carbons (Fsp3) is 0.950. The molecule has 1 aliphatic rings. The molecule has 3 nitrogen and oxygen atoms in total. The molecule has 1 saturated heterocycles. The molecule has 0 radical (unpaired) electrons. The Morgan fingerprint density at radius 1 is 0.391 bits per heavy atom. The van der Waals surface area contributed by atoms with Gasteiger partial charge in [0, 0.05) is 0 Å². The minimum Gasteiger partial charge on any atom is -0.434 e. The predicted octanol–water partition coefficient (Wildman–Crippen LogP) is 6.78. The zero-order valence-corrected chi connectivity index (χ0v) is 15.2. The van der Waals surface area contributed by atoms with Crippen LogP contribution >= 0.6 is 0 Å². The first-order valence-electron chi connectivity index (χ1n) is 10.2. The van der Waals surface area contributed by atoms with Crippen molar-refractivity contribution in [1.82, 2.24) is 0 Å². The van der Waals surface area contributed by atoms with Crippen LogP contribution < -0.4 is 0 Å². The van der Waals surface area contributed by atoms with Crippen molar-refractivity contribution in [3.63, 3.8) is 0 Å². The van der Waals surface area contributed by atoms with Crippen LogP contribution in [0.15, 0.2) is 0 Å². The molecule has 0 atom stereocenters. The first-order chi connectivity index (χ1) is 11.4. The van der Waals surface area contributed by atoms with Crippen LogP contribution in [0.25, 0.3) is 0 Å². The molecule has 0 aromatic carbocycles. The molecular weight excluding hydrogens is 288 g/mol. The molecule has 0 amide bonds. The van der Waals surface area contributed by atoms with Crippen molar-refractivity contribution in [2.45, 2.75) is 109 Å². The summed E-state index contributed by atoms with van der Waals surface area (Å²) in [7, 11) is 0. The van der Waals surface area contributed by atoms with Crippen molar-refractivity contribution in [2.75, 3.05) is 13.2 Å². The summed E-state index contributed by atoms with van der Waals surface area (Å²) in [5, 5.41) is 0. The SMILES string of the molecule is O=C1OCCCCCCCCCCCCCCCCCCCO1. The average Bonchev–Trinajstić information content (AvgIpc) is 2.55. The summed E-state index contributed by atoms with van der Waals surface area (Å²) >= 11 is 0. The van der Waals surface area contributed by atoms with Crippen molar-refractivity contribution in [1.29, 1.82) is 0 Å². The van der Waals surface area contributed by atoms with Crippen molar-refractivity contribution >= 4 is 6.16 Å². The van der Waals surface area contributed by atoms with Gasteiger partial charge in [-0.1, -0.05) is 96.3 Å². The Hall–Kier alpha value is -0.730. The van der Waals surface area contributed by atoms with Gasteiger partial charge in [-0.05, 0) is 12.8 Å². The van der Waals surface area contributed by atoms with Crippen molar-refractivity contribution in [2.24, 2.45) is 0 Å². The predicted molar refractivity (Wildman–Crippen MR) is 95.8 cm³/mol. The summed E-state index contributed by atoms with van der Waals surface area (Å²) in [5.74, 6) is 0. The Morgan fingerprint density at radius 3 is 0.870 bits per heavy atom. The van der Waals surface area contributed by atoms with Crippen LogP contribution in [0.4, 0.5) is 4.79 Å². The van der Waals surface area contributed by atoms with Gasteiger partial charge in [0.2, 0.25) is 0 Å². The molecule has 0 unspecified atom stereocenters. The van der Waals surface area contributed by atoms with Gasteiger partial charge in [0.1, 0.15) is 0 Å². The van der Waals surface area contributed by atoms with Gasteiger partial charge < -0.3 is 9.47 Å². The van der Waals surface area contributed by atoms with Gasteiger partial charge in [0.05, 0.1) is 13.2 Å². The molecule has 0 aromatic rings. The summed E-state index contributed by atoms with van der Waals surface area (Å²) in [5.41, 5.74) is 0. The number of carbonyl (C=O) groups excluding carboxylic acids is 1. The molecule has 1 fully saturated rings. The number of ether oxygens (including phenoxy) is 2. The molecule has 1 rings (SSSR count). The molecule has 0 aliphatic carbocycles. The second kappa shape index (κ2) is 16.1. The Kier molecular flexibility index (Phi) is 14.3. The second-order valence-corrected chi connectivity index (χ2v) is 6.96. The van der Waals surface area contributed by atoms with Gasteiger partial charge in [0.15, 0.2) is 0 Å². The summed E-state index contributed by atoms with van der Waals surface area (Å²) in [6.45, 7) is 1.03. The van der Waals surface area contributed by atoms with Crippen LogP contribution in [0.3, 0.4) is 0 Å². The fourth-order valence-corrected chi connectivity index (χ4v) is 3.21. The molecular formula is C20H38O3. The summed E-state index contributed by atoms with van der Waals surface area (Å²) in [6.07, 6.45) is 21.6. The largest absolute Gasteiger partial charge is 0.508 e. The lowest BCUT2D eigenvalue weighted by Gasteiger charge is -2.07. The molecule has 0 N–H and O–H groups in total. The van der Waals surface area contributed by atoms with E-state index in [-0.39, 0.29) is 0 Å². The first-order valence-corrected chi connectivity index (χ1v) is 10.2. The van der Waals surface area contributed by atoms with Crippen molar-refractivity contribution in [3.05, 3.63) is 0 Å². The molecule has 136 valence electrons. The third kappa shape index (κ3) is 14.6. The molecule has 0 spiro atoms. The molecule has 1 aliphatic heterocycles. The third-order valence-electron chi connectivity index (χ3n) is 4.73. The number of carbonyl (C=O) groups is 1. The number of rotatable bonds is 0. The third-order valence-corrected chi connectivity index (χ3v) is 4.73. The highest BCUT2D eigenvalue weighted by atomic mass is 16.7. The lowest BCUT2D eigenvalue weighted by Crippen LogP contribution is -2.09. The van der Waals surface area contributed by atoms with Crippen molar-refractivity contribution < 1.29 is 14.3 Å². The van der Waals surface area contributed by atoms with E-state index in [2.05, 4.69) is 0 Å². The van der Waals surface area contributed by atoms with E-state index in [0.717, 1.165) is 25.7 Å². The Morgan fingerprint density at radius 2 is 0.609 bits per heavy atom. The number of hydrogen-bond donors (Lipinski definition) is 0. The summed E-state index contributed by atoms with van der Waals surface area (Å²) in [4.78, 5) is 11.4. The Bertz CT molecular complexity index is 242. The highest BCUT2D eigenvalue weighted by Gasteiger charge is 2.03. The molecule has 1 heterocycles. The molecule has 0 bridgehead atoms. The van der Waals surface area contributed by atoms with Crippen LogP contribution in [-0.4, -0.2) is 19.4 Å². The van der Waals surface area contributed by atoms with Crippen LogP contribution in [0.2, 0.25) is 0 Å². The van der Waals surface area contributed by atoms with Gasteiger partial charge in [-0.25, -0.2) is 4.79 Å². The average molecular weight is 327 g/mol. The van der Waals surface area contributed by atoms with Gasteiger partial charge in [-0.15, -0.1) is 0 Å². The fourth-order valence-electron chi connectivity index (χ4n) is 3.21. The van der Waals surface area contributed by atoms with Crippen LogP contribution in [0.5, 0.6) is 0 Å². The van der Waals surface area contributed by atoms with E-state index in [1.807, 2.05) is 0 Å². The summed E-state index contributed by atoms with van der Waals surface area (Å²) in [6, 6.07) is 0. The lowest BCUT2D eigenvalue weighted by atomic mass is 10.0. The maximum atomic E-state index is 11.4. The van der Waals surface area contributed by atoms with E-state index < -0.39 is 6.16 Å². The maximum Gasteiger partial charge on any atom is 0.508 e. The lowest BCUT2D eigenvalue weighted by molar-refractivity contribution is 0.0529. The van der Waals surface area contributed by atoms with E-state index in [1.54, 1.807) is 0 Å². The monoisotopic (exact) mass is 326 g/mol. The van der Waals surface area contributed by atoms with Crippen molar-refractivity contribution in [3.8, 4) is 0 Å². The standard InChI is InChI=1S/C20H38O3/c21-20-22-18-16-14-12-10-8-6-4-2-1-3-5-7-9-11-13-15-17-19-23-20/h1-19H2. The molecule has 0 saturated carbocycles. The maximum absolute atomic E-state index is 11.4. The van der Waals surface area contributed by atoms with E-state index in [9.17, 15) is 4.79 Å². The summed E-state index contributed by atoms with van der Waals surface area (Å²) < 4.78 is 10.2. The second-order valence-electron chi connectivity index (χ2n) is 6.96. The minimum atomic E-state index is -0.479. The first kappa shape index (κ1) is 20.3. The van der Waals surface area contributed by atoms with Gasteiger partial charge >= 0.3 is 6.16 Å². The van der Waals surface area contributed by atoms with Gasteiger partial charge in [-0.2, -0.15) is 0 Å². The van der Waals surface area contributed by atoms with E-state index >= 15 is 0 Å². The molecule has 23 heavy (non-hydrogen) atoms. The zero-order valence-electron chi connectivity index (χ0n) is 15.2. The van der Waals surface area contributed by atoms with Gasteiger partial charge in [-0.3, -0.25) is 0 Å². The Balaban J connectivity index is 2.08. The number of cyclic esters (lactones) is 2. The highest BCUT2D eigenvalue weighted by Crippen LogP contribution is 2.14. The normalized spacial score (nSPS) is 22.9. The highest BCUT2D eigenvalue weighted by molar-refractivity contribution is 5.59. The van der Waals surface area contributed by atoms with E-state index in [4.69, 9.17) is 9.47 Å². The van der Waals surface area contributed by atoms with Crippen LogP contribution in [0, 0.1) is 0 Å². The zero-order chi connectivity index (χ0) is 16.4. The molecule has 3 heteroatoms. The van der Waals surface area contributed by atoms with E-state index in [1.165, 1.54) is 83.5 Å². The number of hydrogen-bond acceptors (Lipinski definition) is 3. The Labute approximate surface area is 143 Å². The smallest absolute Gasteiger partial charge is 0.434 e. The minimum absolute atomic E-state index is 0.479.